The van der Waals surface area contributed by atoms with E-state index in [0.717, 1.165) is 12.8 Å². The highest BCUT2D eigenvalue weighted by molar-refractivity contribution is 5.25. The molecule has 0 fully saturated rings. The molecular formula is C13H20O2. The largest absolute Gasteiger partial charge is 0.508 e. The lowest BCUT2D eigenvalue weighted by Gasteiger charge is -2.15. The molecule has 0 aliphatic rings. The van der Waals surface area contributed by atoms with Crippen molar-refractivity contribution in [2.45, 2.75) is 45.8 Å². The maximum atomic E-state index is 9.13. The van der Waals surface area contributed by atoms with Crippen molar-refractivity contribution in [3.05, 3.63) is 29.8 Å². The summed E-state index contributed by atoms with van der Waals surface area (Å²) in [5.41, 5.74) is 1.24. The van der Waals surface area contributed by atoms with E-state index in [-0.39, 0.29) is 0 Å². The third-order valence-corrected chi connectivity index (χ3v) is 2.28. The van der Waals surface area contributed by atoms with Crippen molar-refractivity contribution >= 4 is 0 Å². The Balaban J connectivity index is 2.33. The van der Waals surface area contributed by atoms with Gasteiger partial charge in [0.05, 0.1) is 12.2 Å². The lowest BCUT2D eigenvalue weighted by atomic mass is 10.1. The molecule has 1 unspecified atom stereocenters. The van der Waals surface area contributed by atoms with Gasteiger partial charge in [-0.05, 0) is 51.3 Å². The first-order valence-electron chi connectivity index (χ1n) is 5.51. The second kappa shape index (κ2) is 5.76. The highest BCUT2D eigenvalue weighted by Crippen LogP contribution is 2.13. The van der Waals surface area contributed by atoms with Crippen LogP contribution >= 0.6 is 0 Å². The predicted octanol–water partition coefficient (Wildman–Crippen LogP) is 3.14. The summed E-state index contributed by atoms with van der Waals surface area (Å²) in [6, 6.07) is 7.36. The van der Waals surface area contributed by atoms with Crippen LogP contribution in [0.15, 0.2) is 24.3 Å². The van der Waals surface area contributed by atoms with Crippen LogP contribution in [0.2, 0.25) is 0 Å². The van der Waals surface area contributed by atoms with Crippen LogP contribution in [0, 0.1) is 0 Å². The summed E-state index contributed by atoms with van der Waals surface area (Å²) < 4.78 is 5.65. The molecule has 0 amide bonds. The molecule has 0 aliphatic heterocycles. The Labute approximate surface area is 91.9 Å². The highest BCUT2D eigenvalue weighted by atomic mass is 16.5. The second-order valence-corrected chi connectivity index (χ2v) is 4.20. The van der Waals surface area contributed by atoms with Gasteiger partial charge >= 0.3 is 0 Å². The van der Waals surface area contributed by atoms with E-state index in [1.54, 1.807) is 12.1 Å². The van der Waals surface area contributed by atoms with Crippen LogP contribution in [0.25, 0.3) is 0 Å². The van der Waals surface area contributed by atoms with Crippen molar-refractivity contribution in [1.82, 2.24) is 0 Å². The minimum Gasteiger partial charge on any atom is -0.508 e. The second-order valence-electron chi connectivity index (χ2n) is 4.20. The third kappa shape index (κ3) is 4.84. The van der Waals surface area contributed by atoms with Crippen molar-refractivity contribution in [2.75, 3.05) is 0 Å². The molecule has 2 heteroatoms. The van der Waals surface area contributed by atoms with Crippen molar-refractivity contribution in [1.29, 1.82) is 0 Å². The highest BCUT2D eigenvalue weighted by Gasteiger charge is 2.04. The van der Waals surface area contributed by atoms with E-state index in [0.29, 0.717) is 18.0 Å². The SMILES string of the molecule is CC(C)OC(C)CCc1ccc(O)cc1. The Morgan fingerprint density at radius 3 is 2.27 bits per heavy atom. The molecule has 0 saturated carbocycles. The van der Waals surface area contributed by atoms with Gasteiger partial charge < -0.3 is 9.84 Å². The van der Waals surface area contributed by atoms with E-state index in [2.05, 4.69) is 20.8 Å². The molecule has 0 radical (unpaired) electrons. The lowest BCUT2D eigenvalue weighted by molar-refractivity contribution is 0.0147. The number of aryl methyl sites for hydroxylation is 1. The quantitative estimate of drug-likeness (QED) is 0.805. The fourth-order valence-corrected chi connectivity index (χ4v) is 1.57. The van der Waals surface area contributed by atoms with Gasteiger partial charge in [-0.2, -0.15) is 0 Å². The minimum atomic E-state index is 0.291. The van der Waals surface area contributed by atoms with Gasteiger partial charge in [0.15, 0.2) is 0 Å². The summed E-state index contributed by atoms with van der Waals surface area (Å²) in [7, 11) is 0. The molecule has 0 bridgehead atoms. The fourth-order valence-electron chi connectivity index (χ4n) is 1.57. The topological polar surface area (TPSA) is 29.5 Å². The van der Waals surface area contributed by atoms with Crippen LogP contribution in [0.4, 0.5) is 0 Å². The maximum absolute atomic E-state index is 9.13. The van der Waals surface area contributed by atoms with Gasteiger partial charge in [0.1, 0.15) is 5.75 Å². The molecule has 1 atom stereocenters. The first-order valence-corrected chi connectivity index (χ1v) is 5.51. The van der Waals surface area contributed by atoms with E-state index >= 15 is 0 Å². The number of phenolic OH excluding ortho intramolecular Hbond substituents is 1. The Hall–Kier alpha value is -1.02. The molecular weight excluding hydrogens is 188 g/mol. The molecule has 0 saturated heterocycles. The summed E-state index contributed by atoms with van der Waals surface area (Å²) >= 11 is 0. The number of hydrogen-bond acceptors (Lipinski definition) is 2. The molecule has 1 aromatic carbocycles. The number of benzene rings is 1. The minimum absolute atomic E-state index is 0.291. The smallest absolute Gasteiger partial charge is 0.115 e. The third-order valence-electron chi connectivity index (χ3n) is 2.28. The van der Waals surface area contributed by atoms with E-state index in [1.165, 1.54) is 5.56 Å². The molecule has 84 valence electrons. The van der Waals surface area contributed by atoms with Crippen molar-refractivity contribution in [2.24, 2.45) is 0 Å². The number of phenols is 1. The van der Waals surface area contributed by atoms with E-state index in [1.807, 2.05) is 12.1 Å². The molecule has 15 heavy (non-hydrogen) atoms. The van der Waals surface area contributed by atoms with Crippen molar-refractivity contribution in [3.63, 3.8) is 0 Å². The van der Waals surface area contributed by atoms with Gasteiger partial charge in [-0.25, -0.2) is 0 Å². The number of aromatic hydroxyl groups is 1. The van der Waals surface area contributed by atoms with Crippen LogP contribution in [0.3, 0.4) is 0 Å². The average Bonchev–Trinajstić information content (AvgIpc) is 2.16. The average molecular weight is 208 g/mol. The van der Waals surface area contributed by atoms with Gasteiger partial charge in [-0.3, -0.25) is 0 Å². The molecule has 0 aromatic heterocycles. The Morgan fingerprint density at radius 1 is 1.13 bits per heavy atom. The van der Waals surface area contributed by atoms with Gasteiger partial charge in [0.2, 0.25) is 0 Å². The Morgan fingerprint density at radius 2 is 1.73 bits per heavy atom. The Bertz CT molecular complexity index is 277. The maximum Gasteiger partial charge on any atom is 0.115 e. The first kappa shape index (κ1) is 12.1. The van der Waals surface area contributed by atoms with Crippen molar-refractivity contribution in [3.8, 4) is 5.75 Å². The summed E-state index contributed by atoms with van der Waals surface area (Å²) in [5, 5.41) is 9.13. The first-order chi connectivity index (χ1) is 7.08. The van der Waals surface area contributed by atoms with Gasteiger partial charge in [-0.15, -0.1) is 0 Å². The monoisotopic (exact) mass is 208 g/mol. The zero-order chi connectivity index (χ0) is 11.3. The molecule has 2 nitrogen and oxygen atoms in total. The van der Waals surface area contributed by atoms with Gasteiger partial charge in [-0.1, -0.05) is 12.1 Å². The zero-order valence-electron chi connectivity index (χ0n) is 9.73. The van der Waals surface area contributed by atoms with E-state index < -0.39 is 0 Å². The fraction of sp³-hybridized carbons (Fsp3) is 0.538. The van der Waals surface area contributed by atoms with Crippen LogP contribution in [-0.2, 0) is 11.2 Å². The van der Waals surface area contributed by atoms with Gasteiger partial charge in [0.25, 0.3) is 0 Å². The number of hydrogen-bond donors (Lipinski definition) is 1. The number of rotatable bonds is 5. The van der Waals surface area contributed by atoms with E-state index in [9.17, 15) is 0 Å². The summed E-state index contributed by atoms with van der Waals surface area (Å²) in [4.78, 5) is 0. The van der Waals surface area contributed by atoms with Crippen LogP contribution in [0.5, 0.6) is 5.75 Å². The number of ether oxygens (including phenoxy) is 1. The summed E-state index contributed by atoms with van der Waals surface area (Å²) in [6.07, 6.45) is 2.59. The molecule has 1 N–H and O–H groups in total. The molecule has 1 rings (SSSR count). The van der Waals surface area contributed by atoms with Crippen LogP contribution in [0.1, 0.15) is 32.8 Å². The molecule has 0 aliphatic carbocycles. The van der Waals surface area contributed by atoms with Crippen molar-refractivity contribution < 1.29 is 9.84 Å². The van der Waals surface area contributed by atoms with E-state index in [4.69, 9.17) is 9.84 Å². The lowest BCUT2D eigenvalue weighted by Crippen LogP contribution is -2.14. The molecule has 0 heterocycles. The predicted molar refractivity (Wildman–Crippen MR) is 62.1 cm³/mol. The normalized spacial score (nSPS) is 13.1. The standard InChI is InChI=1S/C13H20O2/c1-10(2)15-11(3)4-5-12-6-8-13(14)9-7-12/h6-11,14H,4-5H2,1-3H3. The summed E-state index contributed by atoms with van der Waals surface area (Å²) in [6.45, 7) is 6.20. The summed E-state index contributed by atoms with van der Waals surface area (Å²) in [5.74, 6) is 0.324. The van der Waals surface area contributed by atoms with Crippen LogP contribution < -0.4 is 0 Å². The van der Waals surface area contributed by atoms with Crippen LogP contribution in [-0.4, -0.2) is 17.3 Å². The van der Waals surface area contributed by atoms with Gasteiger partial charge in [0, 0.05) is 0 Å². The molecule has 0 spiro atoms. The zero-order valence-corrected chi connectivity index (χ0v) is 9.73. The molecule has 1 aromatic rings. The Kier molecular flexibility index (Phi) is 4.63.